The van der Waals surface area contributed by atoms with Crippen molar-refractivity contribution in [3.63, 3.8) is 0 Å². The number of ether oxygens (including phenoxy) is 4. The van der Waals surface area contributed by atoms with E-state index in [4.69, 9.17) is 18.9 Å². The molecule has 0 saturated carbocycles. The highest BCUT2D eigenvalue weighted by atomic mass is 16.5. The lowest BCUT2D eigenvalue weighted by Gasteiger charge is -2.18. The van der Waals surface area contributed by atoms with Crippen LogP contribution in [-0.2, 0) is 4.79 Å². The van der Waals surface area contributed by atoms with Gasteiger partial charge < -0.3 is 18.9 Å². The molecular weight excluding hydrogens is 322 g/mol. The van der Waals surface area contributed by atoms with Crippen LogP contribution in [0.25, 0.3) is 21.5 Å². The van der Waals surface area contributed by atoms with Gasteiger partial charge in [-0.25, -0.2) is 4.79 Å². The van der Waals surface area contributed by atoms with Gasteiger partial charge in [0, 0.05) is 16.2 Å². The number of hydrogen-bond acceptors (Lipinski definition) is 6. The molecular formula is C19H17NO5. The van der Waals surface area contributed by atoms with Crippen molar-refractivity contribution in [1.29, 1.82) is 0 Å². The van der Waals surface area contributed by atoms with Crippen molar-refractivity contribution in [1.82, 2.24) is 0 Å². The van der Waals surface area contributed by atoms with E-state index < -0.39 is 0 Å². The molecule has 6 nitrogen and oxygen atoms in total. The number of methoxy groups -OCH3 is 4. The fourth-order valence-electron chi connectivity index (χ4n) is 3.05. The molecule has 0 aliphatic rings. The molecule has 0 spiro atoms. The Bertz CT molecular complexity index is 1010. The zero-order chi connectivity index (χ0) is 18.0. The zero-order valence-electron chi connectivity index (χ0n) is 14.4. The fraction of sp³-hybridized carbons (Fsp3) is 0.211. The normalized spacial score (nSPS) is 10.4. The van der Waals surface area contributed by atoms with Gasteiger partial charge in [-0.05, 0) is 23.6 Å². The van der Waals surface area contributed by atoms with E-state index >= 15 is 0 Å². The highest BCUT2D eigenvalue weighted by Gasteiger charge is 2.23. The summed E-state index contributed by atoms with van der Waals surface area (Å²) >= 11 is 0. The number of fused-ring (bicyclic) bond motifs is 2. The quantitative estimate of drug-likeness (QED) is 0.399. The average Bonchev–Trinajstić information content (AvgIpc) is 2.65. The Morgan fingerprint density at radius 2 is 1.52 bits per heavy atom. The highest BCUT2D eigenvalue weighted by Crippen LogP contribution is 2.51. The standard InChI is InChI=1S/C19H17NO5/c1-22-15-7-5-6-11-8-13-14(9-12(11)15)17(23-2)19(25-4)18(24-3)16(13)20-10-21/h5-9H,1-4H3. The van der Waals surface area contributed by atoms with Crippen molar-refractivity contribution in [2.45, 2.75) is 0 Å². The van der Waals surface area contributed by atoms with Crippen LogP contribution in [0.5, 0.6) is 23.0 Å². The minimum absolute atomic E-state index is 0.317. The van der Waals surface area contributed by atoms with Gasteiger partial charge in [-0.3, -0.25) is 0 Å². The lowest BCUT2D eigenvalue weighted by Crippen LogP contribution is -1.97. The van der Waals surface area contributed by atoms with E-state index in [0.717, 1.165) is 21.9 Å². The van der Waals surface area contributed by atoms with Gasteiger partial charge in [-0.2, -0.15) is 4.99 Å². The van der Waals surface area contributed by atoms with Crippen LogP contribution in [0, 0.1) is 0 Å². The molecule has 3 aromatic rings. The SMILES string of the molecule is COc1c(OC)c(OC)c2cc3c(OC)cccc3cc2c1N=C=O. The number of hydrogen-bond donors (Lipinski definition) is 0. The van der Waals surface area contributed by atoms with Gasteiger partial charge in [0.05, 0.1) is 28.4 Å². The molecule has 0 aliphatic heterocycles. The molecule has 0 unspecified atom stereocenters. The second kappa shape index (κ2) is 6.71. The van der Waals surface area contributed by atoms with Gasteiger partial charge in [0.25, 0.3) is 0 Å². The van der Waals surface area contributed by atoms with Crippen LogP contribution in [0.15, 0.2) is 35.3 Å². The van der Waals surface area contributed by atoms with Gasteiger partial charge >= 0.3 is 0 Å². The third-order valence-electron chi connectivity index (χ3n) is 4.10. The maximum Gasteiger partial charge on any atom is 0.240 e. The summed E-state index contributed by atoms with van der Waals surface area (Å²) in [7, 11) is 6.15. The number of rotatable bonds is 5. The van der Waals surface area contributed by atoms with Crippen molar-refractivity contribution in [2.24, 2.45) is 4.99 Å². The minimum Gasteiger partial charge on any atom is -0.496 e. The summed E-state index contributed by atoms with van der Waals surface area (Å²) in [5, 5.41) is 3.26. The molecule has 0 saturated heterocycles. The number of isocyanates is 1. The summed E-state index contributed by atoms with van der Waals surface area (Å²) < 4.78 is 21.9. The third-order valence-corrected chi connectivity index (χ3v) is 4.10. The van der Waals surface area contributed by atoms with Crippen LogP contribution in [0.4, 0.5) is 5.69 Å². The van der Waals surface area contributed by atoms with Crippen molar-refractivity contribution >= 4 is 33.3 Å². The topological polar surface area (TPSA) is 66.3 Å². The van der Waals surface area contributed by atoms with Crippen LogP contribution in [-0.4, -0.2) is 34.5 Å². The maximum atomic E-state index is 11.0. The highest BCUT2D eigenvalue weighted by molar-refractivity contribution is 6.10. The van der Waals surface area contributed by atoms with Crippen molar-refractivity contribution in [2.75, 3.05) is 28.4 Å². The smallest absolute Gasteiger partial charge is 0.240 e. The first-order valence-electron chi connectivity index (χ1n) is 7.50. The first-order chi connectivity index (χ1) is 12.2. The lowest BCUT2D eigenvalue weighted by atomic mass is 9.99. The molecule has 0 N–H and O–H groups in total. The molecule has 25 heavy (non-hydrogen) atoms. The minimum atomic E-state index is 0.317. The summed E-state index contributed by atoms with van der Waals surface area (Å²) in [6.45, 7) is 0. The van der Waals surface area contributed by atoms with Crippen LogP contribution in [0.3, 0.4) is 0 Å². The number of carbonyl (C=O) groups excluding carboxylic acids is 1. The van der Waals surface area contributed by atoms with E-state index in [2.05, 4.69) is 4.99 Å². The number of benzene rings is 3. The van der Waals surface area contributed by atoms with E-state index in [1.807, 2.05) is 30.3 Å². The van der Waals surface area contributed by atoms with Crippen LogP contribution in [0.1, 0.15) is 0 Å². The van der Waals surface area contributed by atoms with E-state index in [9.17, 15) is 4.79 Å². The van der Waals surface area contributed by atoms with Gasteiger partial charge in [0.15, 0.2) is 11.5 Å². The molecule has 3 rings (SSSR count). The average molecular weight is 339 g/mol. The first-order valence-corrected chi connectivity index (χ1v) is 7.50. The first kappa shape index (κ1) is 16.6. The molecule has 128 valence electrons. The lowest BCUT2D eigenvalue weighted by molar-refractivity contribution is 0.328. The Hall–Kier alpha value is -3.24. The van der Waals surface area contributed by atoms with E-state index in [1.165, 1.54) is 14.2 Å². The predicted octanol–water partition coefficient (Wildman–Crippen LogP) is 3.99. The van der Waals surface area contributed by atoms with Crippen molar-refractivity contribution < 1.29 is 23.7 Å². The molecule has 0 atom stereocenters. The van der Waals surface area contributed by atoms with E-state index in [-0.39, 0.29) is 0 Å². The van der Waals surface area contributed by atoms with Crippen molar-refractivity contribution in [3.05, 3.63) is 30.3 Å². The molecule has 3 aromatic carbocycles. The molecule has 0 aromatic heterocycles. The fourth-order valence-corrected chi connectivity index (χ4v) is 3.05. The molecule has 6 heteroatoms. The number of nitrogens with zero attached hydrogens (tertiary/aromatic N) is 1. The Kier molecular flexibility index (Phi) is 4.46. The molecule has 0 amide bonds. The summed E-state index contributed by atoms with van der Waals surface area (Å²) in [6.07, 6.45) is 1.58. The monoisotopic (exact) mass is 339 g/mol. The van der Waals surface area contributed by atoms with Gasteiger partial charge in [0.1, 0.15) is 11.4 Å². The van der Waals surface area contributed by atoms with E-state index in [1.54, 1.807) is 20.3 Å². The Morgan fingerprint density at radius 1 is 0.800 bits per heavy atom. The van der Waals surface area contributed by atoms with Crippen LogP contribution >= 0.6 is 0 Å². The van der Waals surface area contributed by atoms with Crippen LogP contribution in [0.2, 0.25) is 0 Å². The summed E-state index contributed by atoms with van der Waals surface area (Å²) in [5.74, 6) is 1.90. The van der Waals surface area contributed by atoms with Crippen molar-refractivity contribution in [3.8, 4) is 23.0 Å². The molecule has 0 aliphatic carbocycles. The Labute approximate surface area is 144 Å². The molecule has 0 radical (unpaired) electrons. The number of aliphatic imine (C=N–C) groups is 1. The largest absolute Gasteiger partial charge is 0.496 e. The van der Waals surface area contributed by atoms with Crippen LogP contribution < -0.4 is 18.9 Å². The summed E-state index contributed by atoms with van der Waals surface area (Å²) in [4.78, 5) is 14.8. The van der Waals surface area contributed by atoms with Gasteiger partial charge in [0.2, 0.25) is 11.8 Å². The second-order valence-corrected chi connectivity index (χ2v) is 5.23. The summed E-state index contributed by atoms with van der Waals surface area (Å²) in [6, 6.07) is 9.57. The summed E-state index contributed by atoms with van der Waals surface area (Å²) in [5.41, 5.74) is 0.342. The molecule has 0 bridgehead atoms. The third kappa shape index (κ3) is 2.53. The van der Waals surface area contributed by atoms with E-state index in [0.29, 0.717) is 28.3 Å². The zero-order valence-corrected chi connectivity index (χ0v) is 14.4. The van der Waals surface area contributed by atoms with Gasteiger partial charge in [-0.1, -0.05) is 12.1 Å². The molecule has 0 fully saturated rings. The Morgan fingerprint density at radius 3 is 2.12 bits per heavy atom. The Balaban J connectivity index is 2.59. The predicted molar refractivity (Wildman–Crippen MR) is 95.4 cm³/mol. The van der Waals surface area contributed by atoms with Gasteiger partial charge in [-0.15, -0.1) is 0 Å². The molecule has 0 heterocycles. The maximum absolute atomic E-state index is 11.0. The second-order valence-electron chi connectivity index (χ2n) is 5.23.